The zero-order chi connectivity index (χ0) is 5.28. The zero-order valence-electron chi connectivity index (χ0n) is 4.00. The van der Waals surface area contributed by atoms with Crippen LogP contribution in [0.5, 0.6) is 0 Å². The minimum atomic E-state index is 0.995. The fraction of sp³-hybridized carbons (Fsp3) is 0.250. The molecule has 2 nitrogen and oxygen atoms in total. The van der Waals surface area contributed by atoms with Crippen molar-refractivity contribution in [2.45, 2.75) is 6.92 Å². The van der Waals surface area contributed by atoms with E-state index in [2.05, 4.69) is 17.9 Å². The Morgan fingerprint density at radius 2 is 2.57 bits per heavy atom. The second-order valence-electron chi connectivity index (χ2n) is 1.38. The molecule has 0 bridgehead atoms. The Morgan fingerprint density at radius 3 is 2.71 bits per heavy atom. The first kappa shape index (κ1) is 4.71. The molecule has 0 fully saturated rings. The fourth-order valence-corrected chi connectivity index (χ4v) is 0.611. The summed E-state index contributed by atoms with van der Waals surface area (Å²) in [6.07, 6.45) is 1.79. The van der Waals surface area contributed by atoms with E-state index in [1.807, 2.05) is 13.0 Å². The first-order valence-corrected chi connectivity index (χ1v) is 2.40. The third kappa shape index (κ3) is 0.962. The van der Waals surface area contributed by atoms with Crippen molar-refractivity contribution in [1.82, 2.24) is 9.19 Å². The number of aromatic nitrogens is 2. The van der Waals surface area contributed by atoms with Crippen LogP contribution in [-0.2, 0) is 0 Å². The van der Waals surface area contributed by atoms with E-state index in [1.165, 1.54) is 4.09 Å². The van der Waals surface area contributed by atoms with E-state index >= 15 is 0 Å². The second-order valence-corrected chi connectivity index (χ2v) is 1.79. The third-order valence-corrected chi connectivity index (χ3v) is 0.932. The molecule has 1 aromatic heterocycles. The van der Waals surface area contributed by atoms with Gasteiger partial charge in [-0.25, -0.2) is 4.09 Å². The Bertz CT molecular complexity index is 142. The molecule has 1 heterocycles. The Kier molecular flexibility index (Phi) is 1.06. The van der Waals surface area contributed by atoms with Gasteiger partial charge in [0.2, 0.25) is 0 Å². The van der Waals surface area contributed by atoms with Gasteiger partial charge in [0.1, 0.15) is 0 Å². The standard InChI is InChI=1S/C4H6N2S/c1-4-2-3-6(7)5-4/h2-3,7H,1H3. The number of thiol groups is 1. The van der Waals surface area contributed by atoms with Crippen LogP contribution < -0.4 is 0 Å². The van der Waals surface area contributed by atoms with Crippen LogP contribution in [0.25, 0.3) is 0 Å². The van der Waals surface area contributed by atoms with Gasteiger partial charge in [0.05, 0.1) is 5.69 Å². The van der Waals surface area contributed by atoms with E-state index in [0.29, 0.717) is 0 Å². The molecular formula is C4H6N2S. The molecule has 1 rings (SSSR count). The molecule has 0 aliphatic heterocycles. The Morgan fingerprint density at radius 1 is 1.86 bits per heavy atom. The van der Waals surface area contributed by atoms with Crippen LogP contribution >= 0.6 is 12.8 Å². The molecule has 0 saturated heterocycles. The van der Waals surface area contributed by atoms with Gasteiger partial charge in [-0.05, 0) is 25.8 Å². The molecule has 0 atom stereocenters. The van der Waals surface area contributed by atoms with Crippen LogP contribution in [0.2, 0.25) is 0 Å². The maximum absolute atomic E-state index is 3.91. The smallest absolute Gasteiger partial charge is 0.0604 e. The molecule has 0 aliphatic carbocycles. The molecule has 0 radical (unpaired) electrons. The summed E-state index contributed by atoms with van der Waals surface area (Å²) >= 11 is 3.91. The lowest BCUT2D eigenvalue weighted by molar-refractivity contribution is 0.987. The largest absolute Gasteiger partial charge is 0.217 e. The molecule has 0 saturated carbocycles. The zero-order valence-corrected chi connectivity index (χ0v) is 4.89. The monoisotopic (exact) mass is 114 g/mol. The SMILES string of the molecule is Cc1ccn(S)n1. The fourth-order valence-electron chi connectivity index (χ4n) is 0.403. The quantitative estimate of drug-likeness (QED) is 0.496. The molecule has 0 aliphatic rings. The average molecular weight is 114 g/mol. The van der Waals surface area contributed by atoms with Crippen molar-refractivity contribution in [3.63, 3.8) is 0 Å². The average Bonchev–Trinajstić information content (AvgIpc) is 1.87. The van der Waals surface area contributed by atoms with Crippen molar-refractivity contribution in [2.75, 3.05) is 0 Å². The molecular weight excluding hydrogens is 108 g/mol. The molecule has 0 aromatic carbocycles. The van der Waals surface area contributed by atoms with Crippen molar-refractivity contribution in [3.05, 3.63) is 18.0 Å². The summed E-state index contributed by atoms with van der Waals surface area (Å²) in [6.45, 7) is 1.92. The van der Waals surface area contributed by atoms with Crippen molar-refractivity contribution >= 4 is 12.8 Å². The first-order valence-electron chi connectivity index (χ1n) is 2.00. The van der Waals surface area contributed by atoms with Gasteiger partial charge in [0, 0.05) is 6.20 Å². The molecule has 0 unspecified atom stereocenters. The molecule has 0 amide bonds. The highest BCUT2D eigenvalue weighted by Crippen LogP contribution is 1.91. The second kappa shape index (κ2) is 1.58. The lowest BCUT2D eigenvalue weighted by Crippen LogP contribution is -1.77. The molecule has 38 valence electrons. The summed E-state index contributed by atoms with van der Waals surface area (Å²) < 4.78 is 1.48. The summed E-state index contributed by atoms with van der Waals surface area (Å²) in [7, 11) is 0. The Balaban J connectivity index is 3.04. The lowest BCUT2D eigenvalue weighted by atomic mass is 10.5. The summed E-state index contributed by atoms with van der Waals surface area (Å²) in [5.41, 5.74) is 0.995. The van der Waals surface area contributed by atoms with E-state index in [9.17, 15) is 0 Å². The lowest BCUT2D eigenvalue weighted by Gasteiger charge is -1.78. The van der Waals surface area contributed by atoms with Gasteiger partial charge < -0.3 is 0 Å². The van der Waals surface area contributed by atoms with Gasteiger partial charge in [-0.1, -0.05) is 0 Å². The highest BCUT2D eigenvalue weighted by atomic mass is 32.1. The summed E-state index contributed by atoms with van der Waals surface area (Å²) in [4.78, 5) is 0. The summed E-state index contributed by atoms with van der Waals surface area (Å²) in [5, 5.41) is 3.89. The van der Waals surface area contributed by atoms with E-state index in [4.69, 9.17) is 0 Å². The van der Waals surface area contributed by atoms with Crippen LogP contribution in [0.1, 0.15) is 5.69 Å². The van der Waals surface area contributed by atoms with Gasteiger partial charge in [-0.3, -0.25) is 0 Å². The van der Waals surface area contributed by atoms with E-state index < -0.39 is 0 Å². The predicted octanol–water partition coefficient (Wildman–Crippen LogP) is 0.884. The number of nitrogens with zero attached hydrogens (tertiary/aromatic N) is 2. The van der Waals surface area contributed by atoms with E-state index in [-0.39, 0.29) is 0 Å². The van der Waals surface area contributed by atoms with E-state index in [1.54, 1.807) is 6.20 Å². The highest BCUT2D eigenvalue weighted by molar-refractivity contribution is 7.78. The Labute approximate surface area is 47.7 Å². The number of aryl methyl sites for hydroxylation is 1. The van der Waals surface area contributed by atoms with Crippen LogP contribution in [-0.4, -0.2) is 9.19 Å². The van der Waals surface area contributed by atoms with Crippen LogP contribution in [0.15, 0.2) is 12.3 Å². The van der Waals surface area contributed by atoms with Crippen LogP contribution in [0.3, 0.4) is 0 Å². The van der Waals surface area contributed by atoms with Gasteiger partial charge in [0.25, 0.3) is 0 Å². The van der Waals surface area contributed by atoms with Gasteiger partial charge in [0.15, 0.2) is 0 Å². The third-order valence-electron chi connectivity index (χ3n) is 0.709. The van der Waals surface area contributed by atoms with Crippen molar-refractivity contribution < 1.29 is 0 Å². The molecule has 7 heavy (non-hydrogen) atoms. The van der Waals surface area contributed by atoms with Crippen molar-refractivity contribution in [2.24, 2.45) is 0 Å². The number of rotatable bonds is 0. The van der Waals surface area contributed by atoms with Gasteiger partial charge in [-0.15, -0.1) is 0 Å². The molecule has 1 aromatic rings. The minimum Gasteiger partial charge on any atom is -0.217 e. The molecule has 3 heteroatoms. The van der Waals surface area contributed by atoms with Gasteiger partial charge >= 0.3 is 0 Å². The topological polar surface area (TPSA) is 17.8 Å². The summed E-state index contributed by atoms with van der Waals surface area (Å²) in [6, 6.07) is 1.90. The predicted molar refractivity (Wildman–Crippen MR) is 31.3 cm³/mol. The molecule has 0 N–H and O–H groups in total. The summed E-state index contributed by atoms with van der Waals surface area (Å²) in [5.74, 6) is 0. The maximum atomic E-state index is 3.91. The van der Waals surface area contributed by atoms with Crippen molar-refractivity contribution in [3.8, 4) is 0 Å². The normalized spacial score (nSPS) is 9.43. The van der Waals surface area contributed by atoms with Crippen molar-refractivity contribution in [1.29, 1.82) is 0 Å². The molecule has 0 spiro atoms. The van der Waals surface area contributed by atoms with Crippen LogP contribution in [0, 0.1) is 6.92 Å². The van der Waals surface area contributed by atoms with E-state index in [0.717, 1.165) is 5.69 Å². The first-order chi connectivity index (χ1) is 3.29. The van der Waals surface area contributed by atoms with Gasteiger partial charge in [-0.2, -0.15) is 5.10 Å². The maximum Gasteiger partial charge on any atom is 0.0604 e. The highest BCUT2D eigenvalue weighted by Gasteiger charge is 1.82. The number of hydrogen-bond acceptors (Lipinski definition) is 2. The van der Waals surface area contributed by atoms with Crippen LogP contribution in [0.4, 0.5) is 0 Å². The minimum absolute atomic E-state index is 0.995. The Hall–Kier alpha value is -0.440. The number of hydrogen-bond donors (Lipinski definition) is 1.